The maximum atomic E-state index is 5.59. The molecule has 0 aliphatic carbocycles. The molecule has 4 aromatic rings. The Morgan fingerprint density at radius 2 is 1.00 bits per heavy atom. The van der Waals surface area contributed by atoms with Gasteiger partial charge in [0.2, 0.25) is 0 Å². The van der Waals surface area contributed by atoms with Crippen molar-refractivity contribution in [1.29, 1.82) is 0 Å². The fourth-order valence-electron chi connectivity index (χ4n) is 4.35. The largest absolute Gasteiger partial charge is 0.496 e. The lowest BCUT2D eigenvalue weighted by atomic mass is 10.0. The van der Waals surface area contributed by atoms with Gasteiger partial charge in [-0.2, -0.15) is 0 Å². The highest BCUT2D eigenvalue weighted by Crippen LogP contribution is 2.29. The van der Waals surface area contributed by atoms with Gasteiger partial charge in [-0.25, -0.2) is 0 Å². The van der Waals surface area contributed by atoms with E-state index in [-0.39, 0.29) is 0 Å². The average molecular weight is 501 g/mol. The monoisotopic (exact) mass is 500 g/mol. The molecule has 2 nitrogen and oxygen atoms in total. The van der Waals surface area contributed by atoms with Gasteiger partial charge in [0.25, 0.3) is 0 Å². The number of hydrogen-bond donors (Lipinski definition) is 0. The Kier molecular flexibility index (Phi) is 9.35. The molecule has 180 valence electrons. The number of methoxy groups -OCH3 is 2. The van der Waals surface area contributed by atoms with Gasteiger partial charge < -0.3 is 9.47 Å². The van der Waals surface area contributed by atoms with Crippen molar-refractivity contribution in [3.8, 4) is 11.5 Å². The second-order valence-electron chi connectivity index (χ2n) is 8.72. The minimum atomic E-state index is 0.631. The molecular formula is C31H34O2P2. The summed E-state index contributed by atoms with van der Waals surface area (Å²) in [6, 6.07) is 34.5. The van der Waals surface area contributed by atoms with E-state index in [9.17, 15) is 0 Å². The lowest BCUT2D eigenvalue weighted by Gasteiger charge is -2.17. The summed E-state index contributed by atoms with van der Waals surface area (Å²) in [7, 11) is 5.09. The van der Waals surface area contributed by atoms with Crippen molar-refractivity contribution in [3.05, 3.63) is 119 Å². The smallest absolute Gasteiger partial charge is 0.122 e. The fraction of sp³-hybridized carbons (Fsp3) is 0.226. The van der Waals surface area contributed by atoms with Gasteiger partial charge >= 0.3 is 0 Å². The molecule has 0 fully saturated rings. The molecule has 4 rings (SSSR count). The summed E-state index contributed by atoms with van der Waals surface area (Å²) in [5.41, 5.74) is 5.93. The van der Waals surface area contributed by atoms with Crippen LogP contribution in [0.1, 0.15) is 29.2 Å². The van der Waals surface area contributed by atoms with Crippen molar-refractivity contribution >= 4 is 27.8 Å². The third-order valence-electron chi connectivity index (χ3n) is 6.18. The first-order chi connectivity index (χ1) is 17.2. The second-order valence-corrected chi connectivity index (χ2v) is 11.8. The Balaban J connectivity index is 1.42. The molecule has 0 radical (unpaired) electrons. The van der Waals surface area contributed by atoms with Crippen LogP contribution in [0, 0.1) is 0 Å². The number of rotatable bonds is 11. The first-order valence-corrected chi connectivity index (χ1v) is 14.4. The molecule has 35 heavy (non-hydrogen) atoms. The van der Waals surface area contributed by atoms with Crippen LogP contribution in [0.15, 0.2) is 97.1 Å². The van der Waals surface area contributed by atoms with Crippen LogP contribution in [-0.2, 0) is 12.8 Å². The van der Waals surface area contributed by atoms with Crippen molar-refractivity contribution < 1.29 is 9.47 Å². The Bertz CT molecular complexity index is 1240. The molecular weight excluding hydrogens is 466 g/mol. The highest BCUT2D eigenvalue weighted by atomic mass is 31.1. The van der Waals surface area contributed by atoms with Gasteiger partial charge in [-0.1, -0.05) is 109 Å². The standard InChI is InChI=1S/C31H34O2P2/c1-23(35-31-19-11-7-15-27(31)21-25-13-5-9-17-29(25)33-3)22-34-30-18-10-6-14-26(30)20-24-12-4-8-16-28(24)32-2/h4-19,23,34-35H,20-22H2,1-3H3. The third kappa shape index (κ3) is 6.94. The molecule has 4 aromatic carbocycles. The molecule has 0 N–H and O–H groups in total. The number of para-hydroxylation sites is 2. The Morgan fingerprint density at radius 1 is 0.571 bits per heavy atom. The quantitative estimate of drug-likeness (QED) is 0.217. The van der Waals surface area contributed by atoms with E-state index >= 15 is 0 Å². The summed E-state index contributed by atoms with van der Waals surface area (Å²) in [5.74, 6) is 1.93. The maximum absolute atomic E-state index is 5.59. The summed E-state index contributed by atoms with van der Waals surface area (Å²) in [6.07, 6.45) is 3.01. The lowest BCUT2D eigenvalue weighted by Crippen LogP contribution is -2.13. The molecule has 0 heterocycles. The van der Waals surface area contributed by atoms with E-state index in [1.807, 2.05) is 24.3 Å². The minimum absolute atomic E-state index is 0.631. The van der Waals surface area contributed by atoms with Gasteiger partial charge in [0, 0.05) is 12.8 Å². The van der Waals surface area contributed by atoms with Gasteiger partial charge in [0.05, 0.1) is 14.2 Å². The van der Waals surface area contributed by atoms with E-state index in [2.05, 4.69) is 79.7 Å². The number of hydrogen-bond acceptors (Lipinski definition) is 2. The molecule has 0 aromatic heterocycles. The van der Waals surface area contributed by atoms with Crippen LogP contribution in [0.4, 0.5) is 0 Å². The van der Waals surface area contributed by atoms with Gasteiger partial charge in [-0.15, -0.1) is 0 Å². The topological polar surface area (TPSA) is 18.5 Å². The first-order valence-electron chi connectivity index (χ1n) is 12.1. The van der Waals surface area contributed by atoms with Crippen LogP contribution in [0.25, 0.3) is 0 Å². The van der Waals surface area contributed by atoms with E-state index in [4.69, 9.17) is 9.47 Å². The van der Waals surface area contributed by atoms with Crippen molar-refractivity contribution in [1.82, 2.24) is 0 Å². The molecule has 0 bridgehead atoms. The van der Waals surface area contributed by atoms with Crippen LogP contribution in [0.3, 0.4) is 0 Å². The van der Waals surface area contributed by atoms with E-state index in [1.54, 1.807) is 14.2 Å². The van der Waals surface area contributed by atoms with E-state index in [0.717, 1.165) is 41.5 Å². The van der Waals surface area contributed by atoms with E-state index in [1.165, 1.54) is 39.0 Å². The maximum Gasteiger partial charge on any atom is 0.122 e. The van der Waals surface area contributed by atoms with Crippen molar-refractivity contribution in [2.45, 2.75) is 25.4 Å². The molecule has 0 saturated carbocycles. The molecule has 3 unspecified atom stereocenters. The zero-order valence-corrected chi connectivity index (χ0v) is 22.8. The third-order valence-corrected chi connectivity index (χ3v) is 9.77. The molecule has 0 amide bonds. The predicted octanol–water partition coefficient (Wildman–Crippen LogP) is 6.58. The second kappa shape index (κ2) is 12.9. The predicted molar refractivity (Wildman–Crippen MR) is 155 cm³/mol. The van der Waals surface area contributed by atoms with E-state index < -0.39 is 0 Å². The summed E-state index contributed by atoms with van der Waals surface area (Å²) < 4.78 is 11.2. The Labute approximate surface area is 213 Å². The molecule has 3 atom stereocenters. The lowest BCUT2D eigenvalue weighted by molar-refractivity contribution is 0.410. The number of ether oxygens (including phenoxy) is 2. The SMILES string of the molecule is COc1ccccc1Cc1ccccc1PCC(C)Pc1ccccc1Cc1ccccc1OC. The highest BCUT2D eigenvalue weighted by Gasteiger charge is 2.12. The summed E-state index contributed by atoms with van der Waals surface area (Å²) in [5, 5.41) is 2.94. The molecule has 0 aliphatic rings. The zero-order valence-electron chi connectivity index (χ0n) is 20.8. The van der Waals surface area contributed by atoms with Gasteiger partial charge in [0.1, 0.15) is 11.5 Å². The van der Waals surface area contributed by atoms with Crippen LogP contribution in [0.5, 0.6) is 11.5 Å². The minimum Gasteiger partial charge on any atom is -0.496 e. The number of benzene rings is 4. The molecule has 4 heteroatoms. The molecule has 0 spiro atoms. The first kappa shape index (κ1) is 25.4. The molecule has 0 aliphatic heterocycles. The van der Waals surface area contributed by atoms with Gasteiger partial charge in [0.15, 0.2) is 0 Å². The highest BCUT2D eigenvalue weighted by molar-refractivity contribution is 7.52. The van der Waals surface area contributed by atoms with Gasteiger partial charge in [-0.3, -0.25) is 0 Å². The normalized spacial score (nSPS) is 12.4. The van der Waals surface area contributed by atoms with Crippen LogP contribution in [-0.4, -0.2) is 26.0 Å². The Hall–Kier alpha value is -2.66. The van der Waals surface area contributed by atoms with Crippen molar-refractivity contribution in [3.63, 3.8) is 0 Å². The summed E-state index contributed by atoms with van der Waals surface area (Å²) in [6.45, 7) is 2.40. The Morgan fingerprint density at radius 3 is 1.54 bits per heavy atom. The fourth-order valence-corrected chi connectivity index (χ4v) is 7.28. The van der Waals surface area contributed by atoms with Crippen LogP contribution in [0.2, 0.25) is 0 Å². The van der Waals surface area contributed by atoms with Crippen molar-refractivity contribution in [2.75, 3.05) is 20.4 Å². The van der Waals surface area contributed by atoms with Crippen LogP contribution < -0.4 is 20.1 Å². The zero-order chi connectivity index (χ0) is 24.5. The van der Waals surface area contributed by atoms with Crippen LogP contribution >= 0.6 is 17.2 Å². The van der Waals surface area contributed by atoms with E-state index in [0.29, 0.717) is 5.66 Å². The summed E-state index contributed by atoms with van der Waals surface area (Å²) in [4.78, 5) is 0. The average Bonchev–Trinajstić information content (AvgIpc) is 2.90. The van der Waals surface area contributed by atoms with Gasteiger partial charge in [-0.05, 0) is 56.8 Å². The molecule has 0 saturated heterocycles. The van der Waals surface area contributed by atoms with Crippen molar-refractivity contribution in [2.24, 2.45) is 0 Å². The summed E-state index contributed by atoms with van der Waals surface area (Å²) >= 11 is 0.